The Morgan fingerprint density at radius 1 is 1.37 bits per heavy atom. The van der Waals surface area contributed by atoms with Crippen LogP contribution in [0.1, 0.15) is 10.4 Å². The van der Waals surface area contributed by atoms with Gasteiger partial charge in [-0.15, -0.1) is 17.9 Å². The maximum Gasteiger partial charge on any atom is 0.265 e. The fraction of sp³-hybridized carbons (Fsp3) is 0.105. The third kappa shape index (κ3) is 3.18. The highest BCUT2D eigenvalue weighted by Crippen LogP contribution is 2.44. The van der Waals surface area contributed by atoms with Gasteiger partial charge in [-0.25, -0.2) is 0 Å². The zero-order chi connectivity index (χ0) is 19.1. The lowest BCUT2D eigenvalue weighted by Crippen LogP contribution is -2.53. The molecule has 2 aliphatic heterocycles. The Hall–Kier alpha value is -2.48. The van der Waals surface area contributed by atoms with Gasteiger partial charge in [0, 0.05) is 32.4 Å². The van der Waals surface area contributed by atoms with Crippen molar-refractivity contribution in [2.45, 2.75) is 6.61 Å². The summed E-state index contributed by atoms with van der Waals surface area (Å²) in [6.07, 6.45) is 3.14. The van der Waals surface area contributed by atoms with Crippen LogP contribution in [0.3, 0.4) is 0 Å². The number of thiocarbonyl (C=S) groups is 1. The van der Waals surface area contributed by atoms with Gasteiger partial charge in [-0.05, 0) is 42.6 Å². The fourth-order valence-electron chi connectivity index (χ4n) is 2.95. The molecule has 1 fully saturated rings. The molecule has 1 saturated heterocycles. The van der Waals surface area contributed by atoms with Gasteiger partial charge in [-0.1, -0.05) is 17.7 Å². The SMILES string of the molecule is C=CCN1C(=O)/C(=C/c2cc3c(s2)-c2cc(Cl)ccc2OC3)C(=O)NC1=S. The molecule has 0 spiro atoms. The number of benzene rings is 1. The molecule has 2 amide bonds. The monoisotopic (exact) mass is 416 g/mol. The predicted octanol–water partition coefficient (Wildman–Crippen LogP) is 3.77. The molecule has 27 heavy (non-hydrogen) atoms. The summed E-state index contributed by atoms with van der Waals surface area (Å²) in [6.45, 7) is 4.28. The highest BCUT2D eigenvalue weighted by molar-refractivity contribution is 7.80. The lowest BCUT2D eigenvalue weighted by molar-refractivity contribution is -0.128. The van der Waals surface area contributed by atoms with Gasteiger partial charge in [-0.3, -0.25) is 19.8 Å². The lowest BCUT2D eigenvalue weighted by Gasteiger charge is -2.27. The quantitative estimate of drug-likeness (QED) is 0.358. The number of nitrogens with zero attached hydrogens (tertiary/aromatic N) is 1. The minimum absolute atomic E-state index is 0.0382. The van der Waals surface area contributed by atoms with Crippen LogP contribution in [0.4, 0.5) is 0 Å². The average molecular weight is 417 g/mol. The Bertz CT molecular complexity index is 1040. The molecule has 136 valence electrons. The van der Waals surface area contributed by atoms with E-state index >= 15 is 0 Å². The fourth-order valence-corrected chi connectivity index (χ4v) is 4.50. The summed E-state index contributed by atoms with van der Waals surface area (Å²) in [4.78, 5) is 28.0. The molecule has 0 unspecified atom stereocenters. The smallest absolute Gasteiger partial charge is 0.265 e. The second kappa shape index (κ2) is 6.92. The normalized spacial score (nSPS) is 17.3. The Morgan fingerprint density at radius 2 is 2.19 bits per heavy atom. The number of hydrogen-bond acceptors (Lipinski definition) is 5. The van der Waals surface area contributed by atoms with Crippen molar-refractivity contribution in [1.82, 2.24) is 10.2 Å². The minimum Gasteiger partial charge on any atom is -0.488 e. The van der Waals surface area contributed by atoms with Gasteiger partial charge in [0.25, 0.3) is 11.8 Å². The molecule has 0 aliphatic carbocycles. The Labute approximate surface area is 169 Å². The summed E-state index contributed by atoms with van der Waals surface area (Å²) in [5.41, 5.74) is 1.94. The first-order valence-corrected chi connectivity index (χ1v) is 9.63. The molecular weight excluding hydrogens is 404 g/mol. The summed E-state index contributed by atoms with van der Waals surface area (Å²) in [5.74, 6) is -0.173. The van der Waals surface area contributed by atoms with Crippen molar-refractivity contribution in [3.8, 4) is 16.2 Å². The zero-order valence-corrected chi connectivity index (χ0v) is 16.3. The van der Waals surface area contributed by atoms with Crippen molar-refractivity contribution in [1.29, 1.82) is 0 Å². The molecule has 0 saturated carbocycles. The second-order valence-corrected chi connectivity index (χ2v) is 7.86. The second-order valence-electron chi connectivity index (χ2n) is 5.95. The van der Waals surface area contributed by atoms with Gasteiger partial charge in [0.1, 0.15) is 17.9 Å². The van der Waals surface area contributed by atoms with Gasteiger partial charge in [-0.2, -0.15) is 0 Å². The molecule has 0 radical (unpaired) electrons. The van der Waals surface area contributed by atoms with Crippen molar-refractivity contribution < 1.29 is 14.3 Å². The first kappa shape index (κ1) is 17.9. The van der Waals surface area contributed by atoms with E-state index in [1.807, 2.05) is 18.2 Å². The number of carbonyl (C=O) groups excluding carboxylic acids is 2. The summed E-state index contributed by atoms with van der Waals surface area (Å²) in [7, 11) is 0. The van der Waals surface area contributed by atoms with Crippen LogP contribution < -0.4 is 10.1 Å². The number of thiophene rings is 1. The zero-order valence-electron chi connectivity index (χ0n) is 14.0. The number of amides is 2. The molecule has 5 nitrogen and oxygen atoms in total. The molecule has 0 atom stereocenters. The molecule has 8 heteroatoms. The first-order valence-electron chi connectivity index (χ1n) is 8.03. The molecule has 0 bridgehead atoms. The van der Waals surface area contributed by atoms with E-state index in [1.54, 1.807) is 18.2 Å². The van der Waals surface area contributed by atoms with Crippen LogP contribution in [0.15, 0.2) is 42.5 Å². The van der Waals surface area contributed by atoms with Gasteiger partial charge in [0.05, 0.1) is 0 Å². The van der Waals surface area contributed by atoms with Crippen LogP contribution in [-0.4, -0.2) is 28.4 Å². The number of halogens is 1. The van der Waals surface area contributed by atoms with Crippen molar-refractivity contribution in [2.75, 3.05) is 6.54 Å². The van der Waals surface area contributed by atoms with Crippen LogP contribution in [0.2, 0.25) is 5.02 Å². The highest BCUT2D eigenvalue weighted by atomic mass is 35.5. The Morgan fingerprint density at radius 3 is 2.96 bits per heavy atom. The summed E-state index contributed by atoms with van der Waals surface area (Å²) in [6, 6.07) is 7.39. The standard InChI is InChI=1S/C19H13ClN2O3S2/c1-2-5-22-18(24)14(17(23)21-19(22)26)8-12-6-10-9-25-15-4-3-11(20)7-13(15)16(10)27-12/h2-4,6-8H,1,5,9H2,(H,21,23,26)/b14-8+. The molecule has 1 N–H and O–H groups in total. The van der Waals surface area contributed by atoms with E-state index in [0.29, 0.717) is 11.6 Å². The van der Waals surface area contributed by atoms with Crippen molar-refractivity contribution in [2.24, 2.45) is 0 Å². The molecule has 4 rings (SSSR count). The van der Waals surface area contributed by atoms with Crippen LogP contribution >= 0.6 is 35.2 Å². The Balaban J connectivity index is 1.73. The number of nitrogens with one attached hydrogen (secondary N) is 1. The van der Waals surface area contributed by atoms with Crippen molar-refractivity contribution in [3.05, 3.63) is 58.0 Å². The van der Waals surface area contributed by atoms with Gasteiger partial charge in [0.15, 0.2) is 5.11 Å². The van der Waals surface area contributed by atoms with Crippen molar-refractivity contribution in [3.63, 3.8) is 0 Å². The number of fused-ring (bicyclic) bond motifs is 3. The molecule has 1 aromatic carbocycles. The van der Waals surface area contributed by atoms with Crippen molar-refractivity contribution >= 4 is 58.2 Å². The molecular formula is C19H13ClN2O3S2. The van der Waals surface area contributed by atoms with Gasteiger partial charge in [0.2, 0.25) is 0 Å². The van der Waals surface area contributed by atoms with Crippen LogP contribution in [0.25, 0.3) is 16.5 Å². The van der Waals surface area contributed by atoms with Gasteiger partial charge < -0.3 is 4.74 Å². The number of carbonyl (C=O) groups is 2. The molecule has 1 aromatic heterocycles. The summed E-state index contributed by atoms with van der Waals surface area (Å²) in [5, 5.41) is 3.25. The number of ether oxygens (including phenoxy) is 1. The largest absolute Gasteiger partial charge is 0.488 e. The summed E-state index contributed by atoms with van der Waals surface area (Å²) >= 11 is 12.7. The number of hydrogen-bond donors (Lipinski definition) is 1. The highest BCUT2D eigenvalue weighted by Gasteiger charge is 2.33. The van der Waals surface area contributed by atoms with Crippen LogP contribution in [0.5, 0.6) is 5.75 Å². The third-order valence-corrected chi connectivity index (χ3v) is 5.90. The maximum absolute atomic E-state index is 12.7. The van der Waals surface area contributed by atoms with E-state index in [9.17, 15) is 9.59 Å². The van der Waals surface area contributed by atoms with E-state index < -0.39 is 11.8 Å². The molecule has 2 aromatic rings. The summed E-state index contributed by atoms with van der Waals surface area (Å²) < 4.78 is 5.76. The number of rotatable bonds is 3. The van der Waals surface area contributed by atoms with E-state index in [4.69, 9.17) is 28.6 Å². The predicted molar refractivity (Wildman–Crippen MR) is 110 cm³/mol. The van der Waals surface area contributed by atoms with E-state index in [1.165, 1.54) is 16.2 Å². The average Bonchev–Trinajstić information content (AvgIpc) is 3.05. The molecule has 3 heterocycles. The maximum atomic E-state index is 12.7. The topological polar surface area (TPSA) is 58.6 Å². The Kier molecular flexibility index (Phi) is 4.59. The minimum atomic E-state index is -0.503. The molecule has 2 aliphatic rings. The van der Waals surface area contributed by atoms with Gasteiger partial charge >= 0.3 is 0 Å². The van der Waals surface area contributed by atoms with E-state index in [-0.39, 0.29) is 17.2 Å². The third-order valence-electron chi connectivity index (χ3n) is 4.18. The van der Waals surface area contributed by atoms with E-state index in [2.05, 4.69) is 11.9 Å². The van der Waals surface area contributed by atoms with Crippen LogP contribution in [-0.2, 0) is 16.2 Å². The van der Waals surface area contributed by atoms with E-state index in [0.717, 1.165) is 26.6 Å². The first-order chi connectivity index (χ1) is 13.0. The van der Waals surface area contributed by atoms with Crippen LogP contribution in [0, 0.1) is 0 Å². The lowest BCUT2D eigenvalue weighted by atomic mass is 10.1.